The molecule has 0 radical (unpaired) electrons. The molecule has 100 valence electrons. The zero-order valence-corrected chi connectivity index (χ0v) is 10.8. The number of nitrogens with two attached hydrogens (primary N) is 1. The van der Waals surface area contributed by atoms with Crippen LogP contribution in [0.3, 0.4) is 0 Å². The monoisotopic (exact) mass is 252 g/mol. The standard InChI is InChI=1S/C12H20N4O2/c1-8-7-18-4-3-10(8)15-12(17)11(13)9-5-14-16(2)6-9/h5-6,8,10-11H,3-4,7,13H2,1-2H3,(H,15,17). The van der Waals surface area contributed by atoms with Gasteiger partial charge in [-0.25, -0.2) is 0 Å². The SMILES string of the molecule is CC1COCCC1NC(=O)C(N)c1cnn(C)c1. The van der Waals surface area contributed by atoms with Gasteiger partial charge in [0, 0.05) is 31.5 Å². The average Bonchev–Trinajstić information content (AvgIpc) is 2.78. The number of rotatable bonds is 3. The second-order valence-corrected chi connectivity index (χ2v) is 4.88. The summed E-state index contributed by atoms with van der Waals surface area (Å²) in [5, 5.41) is 7.01. The molecule has 6 nitrogen and oxygen atoms in total. The molecule has 1 aromatic heterocycles. The molecular weight excluding hydrogens is 232 g/mol. The third kappa shape index (κ3) is 2.88. The average molecular weight is 252 g/mol. The molecule has 2 rings (SSSR count). The number of amides is 1. The summed E-state index contributed by atoms with van der Waals surface area (Å²) in [5.41, 5.74) is 6.65. The molecule has 1 aliphatic heterocycles. The number of ether oxygens (including phenoxy) is 1. The Morgan fingerprint density at radius 3 is 3.11 bits per heavy atom. The Balaban J connectivity index is 1.94. The minimum absolute atomic E-state index is 0.147. The number of aryl methyl sites for hydroxylation is 1. The molecule has 2 heterocycles. The number of nitrogens with one attached hydrogen (secondary N) is 1. The maximum Gasteiger partial charge on any atom is 0.241 e. The van der Waals surface area contributed by atoms with Crippen molar-refractivity contribution in [1.82, 2.24) is 15.1 Å². The van der Waals surface area contributed by atoms with Crippen molar-refractivity contribution in [3.05, 3.63) is 18.0 Å². The van der Waals surface area contributed by atoms with Crippen LogP contribution in [-0.2, 0) is 16.6 Å². The molecular formula is C12H20N4O2. The quantitative estimate of drug-likeness (QED) is 0.791. The van der Waals surface area contributed by atoms with Gasteiger partial charge in [0.05, 0.1) is 12.8 Å². The lowest BCUT2D eigenvalue weighted by molar-refractivity contribution is -0.124. The second-order valence-electron chi connectivity index (χ2n) is 4.88. The Morgan fingerprint density at radius 1 is 1.72 bits per heavy atom. The van der Waals surface area contributed by atoms with Crippen molar-refractivity contribution in [3.63, 3.8) is 0 Å². The first-order valence-electron chi connectivity index (χ1n) is 6.20. The van der Waals surface area contributed by atoms with Gasteiger partial charge in [-0.05, 0) is 12.3 Å². The Hall–Kier alpha value is -1.40. The van der Waals surface area contributed by atoms with E-state index in [4.69, 9.17) is 10.5 Å². The molecule has 3 unspecified atom stereocenters. The summed E-state index contributed by atoms with van der Waals surface area (Å²) in [6.45, 7) is 3.45. The number of carbonyl (C=O) groups excluding carboxylic acids is 1. The van der Waals surface area contributed by atoms with Crippen molar-refractivity contribution >= 4 is 5.91 Å². The first kappa shape index (κ1) is 13.0. The van der Waals surface area contributed by atoms with Gasteiger partial charge in [-0.1, -0.05) is 6.92 Å². The summed E-state index contributed by atoms with van der Waals surface area (Å²) in [7, 11) is 1.80. The van der Waals surface area contributed by atoms with Crippen LogP contribution < -0.4 is 11.1 Å². The van der Waals surface area contributed by atoms with Crippen molar-refractivity contribution in [3.8, 4) is 0 Å². The number of nitrogens with zero attached hydrogens (tertiary/aromatic N) is 2. The maximum absolute atomic E-state index is 12.1. The predicted octanol–water partition coefficient (Wildman–Crippen LogP) is -0.0389. The molecule has 6 heteroatoms. The first-order chi connectivity index (χ1) is 8.58. The van der Waals surface area contributed by atoms with Gasteiger partial charge in [0.25, 0.3) is 0 Å². The molecule has 3 atom stereocenters. The first-order valence-corrected chi connectivity index (χ1v) is 6.20. The molecule has 1 amide bonds. The smallest absolute Gasteiger partial charge is 0.241 e. The molecule has 1 aromatic rings. The van der Waals surface area contributed by atoms with Gasteiger partial charge in [-0.15, -0.1) is 0 Å². The Labute approximate surface area is 106 Å². The minimum Gasteiger partial charge on any atom is -0.381 e. The van der Waals surface area contributed by atoms with Crippen molar-refractivity contribution in [2.75, 3.05) is 13.2 Å². The van der Waals surface area contributed by atoms with Crippen molar-refractivity contribution in [1.29, 1.82) is 0 Å². The Morgan fingerprint density at radius 2 is 2.50 bits per heavy atom. The zero-order valence-electron chi connectivity index (χ0n) is 10.8. The Bertz CT molecular complexity index is 418. The molecule has 1 aliphatic rings. The highest BCUT2D eigenvalue weighted by atomic mass is 16.5. The number of hydrogen-bond donors (Lipinski definition) is 2. The number of hydrogen-bond acceptors (Lipinski definition) is 4. The van der Waals surface area contributed by atoms with Crippen LogP contribution in [0.1, 0.15) is 24.9 Å². The lowest BCUT2D eigenvalue weighted by Crippen LogP contribution is -2.47. The fourth-order valence-corrected chi connectivity index (χ4v) is 2.12. The number of aromatic nitrogens is 2. The highest BCUT2D eigenvalue weighted by Crippen LogP contribution is 2.16. The molecule has 0 spiro atoms. The van der Waals surface area contributed by atoms with E-state index in [0.717, 1.165) is 12.0 Å². The lowest BCUT2D eigenvalue weighted by Gasteiger charge is -2.30. The van der Waals surface area contributed by atoms with Gasteiger partial charge in [0.1, 0.15) is 6.04 Å². The van der Waals surface area contributed by atoms with Crippen LogP contribution in [-0.4, -0.2) is 34.9 Å². The van der Waals surface area contributed by atoms with Crippen LogP contribution >= 0.6 is 0 Å². The van der Waals surface area contributed by atoms with Crippen LogP contribution in [0.15, 0.2) is 12.4 Å². The van der Waals surface area contributed by atoms with Gasteiger partial charge >= 0.3 is 0 Å². The highest BCUT2D eigenvalue weighted by Gasteiger charge is 2.26. The van der Waals surface area contributed by atoms with Gasteiger partial charge in [0.15, 0.2) is 0 Å². The minimum atomic E-state index is -0.659. The molecule has 1 fully saturated rings. The van der Waals surface area contributed by atoms with Crippen molar-refractivity contribution < 1.29 is 9.53 Å². The summed E-state index contributed by atoms with van der Waals surface area (Å²) in [5.74, 6) is 0.172. The van der Waals surface area contributed by atoms with Crippen LogP contribution in [0.25, 0.3) is 0 Å². The molecule has 1 saturated heterocycles. The van der Waals surface area contributed by atoms with Crippen molar-refractivity contribution in [2.45, 2.75) is 25.4 Å². The molecule has 0 saturated carbocycles. The number of carbonyl (C=O) groups is 1. The van der Waals surface area contributed by atoms with E-state index >= 15 is 0 Å². The molecule has 0 aromatic carbocycles. The van der Waals surface area contributed by atoms with E-state index in [1.165, 1.54) is 0 Å². The zero-order chi connectivity index (χ0) is 13.1. The predicted molar refractivity (Wildman–Crippen MR) is 66.7 cm³/mol. The van der Waals surface area contributed by atoms with E-state index < -0.39 is 6.04 Å². The summed E-state index contributed by atoms with van der Waals surface area (Å²) < 4.78 is 6.98. The van der Waals surface area contributed by atoms with E-state index in [2.05, 4.69) is 17.3 Å². The summed E-state index contributed by atoms with van der Waals surface area (Å²) in [6.07, 6.45) is 4.22. The van der Waals surface area contributed by atoms with E-state index in [1.54, 1.807) is 24.1 Å². The van der Waals surface area contributed by atoms with E-state index in [-0.39, 0.29) is 11.9 Å². The normalized spacial score (nSPS) is 25.7. The van der Waals surface area contributed by atoms with E-state index in [1.807, 2.05) is 0 Å². The Kier molecular flexibility index (Phi) is 3.98. The van der Waals surface area contributed by atoms with Crippen LogP contribution in [0, 0.1) is 5.92 Å². The topological polar surface area (TPSA) is 82.2 Å². The molecule has 3 N–H and O–H groups in total. The molecule has 0 aliphatic carbocycles. The van der Waals surface area contributed by atoms with Crippen LogP contribution in [0.4, 0.5) is 0 Å². The molecule has 0 bridgehead atoms. The van der Waals surface area contributed by atoms with Crippen LogP contribution in [0.2, 0.25) is 0 Å². The highest BCUT2D eigenvalue weighted by molar-refractivity contribution is 5.83. The third-order valence-electron chi connectivity index (χ3n) is 3.33. The lowest BCUT2D eigenvalue weighted by atomic mass is 9.97. The van der Waals surface area contributed by atoms with Gasteiger partial charge in [0.2, 0.25) is 5.91 Å². The fourth-order valence-electron chi connectivity index (χ4n) is 2.12. The van der Waals surface area contributed by atoms with E-state index in [9.17, 15) is 4.79 Å². The van der Waals surface area contributed by atoms with E-state index in [0.29, 0.717) is 19.1 Å². The summed E-state index contributed by atoms with van der Waals surface area (Å²) in [6, 6.07) is -0.511. The molecule has 18 heavy (non-hydrogen) atoms. The van der Waals surface area contributed by atoms with Crippen LogP contribution in [0.5, 0.6) is 0 Å². The van der Waals surface area contributed by atoms with Gasteiger partial charge in [-0.2, -0.15) is 5.10 Å². The largest absolute Gasteiger partial charge is 0.381 e. The summed E-state index contributed by atoms with van der Waals surface area (Å²) in [4.78, 5) is 12.1. The fraction of sp³-hybridized carbons (Fsp3) is 0.667. The second kappa shape index (κ2) is 5.49. The van der Waals surface area contributed by atoms with Crippen molar-refractivity contribution in [2.24, 2.45) is 18.7 Å². The van der Waals surface area contributed by atoms with Gasteiger partial charge in [-0.3, -0.25) is 9.48 Å². The maximum atomic E-state index is 12.1. The summed E-state index contributed by atoms with van der Waals surface area (Å²) >= 11 is 0. The third-order valence-corrected chi connectivity index (χ3v) is 3.33. The van der Waals surface area contributed by atoms with Gasteiger partial charge < -0.3 is 15.8 Å².